The molecule has 0 aliphatic heterocycles. The summed E-state index contributed by atoms with van der Waals surface area (Å²) in [6.45, 7) is 8.25. The zero-order chi connectivity index (χ0) is 19.4. The van der Waals surface area contributed by atoms with Crippen molar-refractivity contribution in [3.05, 3.63) is 54.6 Å². The second-order valence-corrected chi connectivity index (χ2v) is 7.80. The van der Waals surface area contributed by atoms with Crippen molar-refractivity contribution in [1.82, 2.24) is 0 Å². The maximum absolute atomic E-state index is 12.0. The van der Waals surface area contributed by atoms with Crippen LogP contribution in [0.25, 0.3) is 21.5 Å². The Kier molecular flexibility index (Phi) is 5.69. The van der Waals surface area contributed by atoms with Crippen LogP contribution >= 0.6 is 0 Å². The minimum atomic E-state index is -0.534. The van der Waals surface area contributed by atoms with Crippen LogP contribution in [0.2, 0.25) is 0 Å². The number of esters is 1. The normalized spacial score (nSPS) is 12.9. The molecule has 27 heavy (non-hydrogen) atoms. The molecule has 1 atom stereocenters. The second kappa shape index (κ2) is 7.99. The van der Waals surface area contributed by atoms with E-state index in [1.807, 2.05) is 33.8 Å². The van der Waals surface area contributed by atoms with Gasteiger partial charge in [0.25, 0.3) is 0 Å². The first-order valence-corrected chi connectivity index (χ1v) is 9.66. The van der Waals surface area contributed by atoms with Gasteiger partial charge in [0.1, 0.15) is 11.4 Å². The maximum Gasteiger partial charge on any atom is 0.309 e. The first-order chi connectivity index (χ1) is 12.9. The van der Waals surface area contributed by atoms with E-state index in [0.717, 1.165) is 17.6 Å². The lowest BCUT2D eigenvalue weighted by Crippen LogP contribution is -2.32. The van der Waals surface area contributed by atoms with E-state index in [4.69, 9.17) is 9.47 Å². The molecular formula is C24H28O3. The van der Waals surface area contributed by atoms with Gasteiger partial charge < -0.3 is 9.47 Å². The minimum absolute atomic E-state index is 0.0690. The monoisotopic (exact) mass is 364 g/mol. The zero-order valence-electron chi connectivity index (χ0n) is 16.6. The van der Waals surface area contributed by atoms with Crippen molar-refractivity contribution in [2.75, 3.05) is 6.61 Å². The van der Waals surface area contributed by atoms with Crippen LogP contribution in [0.15, 0.2) is 54.6 Å². The minimum Gasteiger partial charge on any atom is -0.493 e. The molecule has 3 rings (SSSR count). The topological polar surface area (TPSA) is 35.5 Å². The predicted octanol–water partition coefficient (Wildman–Crippen LogP) is 6.13. The van der Waals surface area contributed by atoms with Crippen LogP contribution in [0, 0.1) is 5.92 Å². The van der Waals surface area contributed by atoms with Crippen LogP contribution in [0.4, 0.5) is 0 Å². The van der Waals surface area contributed by atoms with Crippen LogP contribution in [-0.4, -0.2) is 18.2 Å². The molecule has 0 aromatic heterocycles. The molecule has 0 amide bonds. The number of hydrogen-bond acceptors (Lipinski definition) is 3. The average Bonchev–Trinajstić information content (AvgIpc) is 2.65. The summed E-state index contributed by atoms with van der Waals surface area (Å²) in [6.07, 6.45) is 1.43. The molecule has 142 valence electrons. The summed E-state index contributed by atoms with van der Waals surface area (Å²) >= 11 is 0. The number of benzene rings is 3. The molecule has 0 aliphatic rings. The molecule has 0 fully saturated rings. The Labute approximate surface area is 161 Å². The molecule has 1 unspecified atom stereocenters. The van der Waals surface area contributed by atoms with E-state index in [1.165, 1.54) is 16.2 Å². The lowest BCUT2D eigenvalue weighted by Gasteiger charge is -2.26. The van der Waals surface area contributed by atoms with Gasteiger partial charge in [-0.2, -0.15) is 0 Å². The molecule has 0 saturated carbocycles. The summed E-state index contributed by atoms with van der Waals surface area (Å²) in [6, 6.07) is 18.9. The fraction of sp³-hybridized carbons (Fsp3) is 0.375. The van der Waals surface area contributed by atoms with Crippen LogP contribution in [0.3, 0.4) is 0 Å². The number of rotatable bonds is 7. The molecule has 0 aliphatic carbocycles. The van der Waals surface area contributed by atoms with Gasteiger partial charge in [-0.25, -0.2) is 0 Å². The van der Waals surface area contributed by atoms with Crippen molar-refractivity contribution in [3.8, 4) is 5.75 Å². The van der Waals surface area contributed by atoms with Crippen molar-refractivity contribution in [2.24, 2.45) is 5.92 Å². The highest BCUT2D eigenvalue weighted by Gasteiger charge is 2.25. The van der Waals surface area contributed by atoms with E-state index in [9.17, 15) is 4.79 Å². The SMILES string of the molecule is CCC(C)C(=O)OC(C)(C)CCOc1ccc2cc3ccccc3cc2c1. The van der Waals surface area contributed by atoms with E-state index in [1.54, 1.807) is 0 Å². The van der Waals surface area contributed by atoms with Gasteiger partial charge in [-0.05, 0) is 66.1 Å². The molecule has 0 N–H and O–H groups in total. The van der Waals surface area contributed by atoms with Crippen molar-refractivity contribution < 1.29 is 14.3 Å². The zero-order valence-corrected chi connectivity index (χ0v) is 16.6. The Morgan fingerprint density at radius 2 is 1.59 bits per heavy atom. The first kappa shape index (κ1) is 19.2. The third-order valence-corrected chi connectivity index (χ3v) is 5.04. The molecular weight excluding hydrogens is 336 g/mol. The third kappa shape index (κ3) is 4.79. The molecule has 0 heterocycles. The van der Waals surface area contributed by atoms with Crippen LogP contribution in [0.1, 0.15) is 40.5 Å². The average molecular weight is 364 g/mol. The van der Waals surface area contributed by atoms with Crippen LogP contribution in [-0.2, 0) is 9.53 Å². The van der Waals surface area contributed by atoms with E-state index >= 15 is 0 Å². The summed E-state index contributed by atoms with van der Waals surface area (Å²) in [4.78, 5) is 12.0. The number of ether oxygens (including phenoxy) is 2. The van der Waals surface area contributed by atoms with Crippen LogP contribution < -0.4 is 4.74 Å². The molecule has 3 heteroatoms. The molecule has 0 saturated heterocycles. The summed E-state index contributed by atoms with van der Waals surface area (Å²) in [5, 5.41) is 4.82. The molecule has 3 nitrogen and oxygen atoms in total. The highest BCUT2D eigenvalue weighted by molar-refractivity contribution is 5.98. The van der Waals surface area contributed by atoms with Gasteiger partial charge >= 0.3 is 5.97 Å². The fourth-order valence-corrected chi connectivity index (χ4v) is 3.01. The van der Waals surface area contributed by atoms with E-state index < -0.39 is 5.60 Å². The Hall–Kier alpha value is -2.55. The largest absolute Gasteiger partial charge is 0.493 e. The lowest BCUT2D eigenvalue weighted by molar-refractivity contribution is -0.162. The number of carbonyl (C=O) groups is 1. The fourth-order valence-electron chi connectivity index (χ4n) is 3.01. The van der Waals surface area contributed by atoms with Gasteiger partial charge in [0, 0.05) is 6.42 Å². The van der Waals surface area contributed by atoms with Gasteiger partial charge in [0.2, 0.25) is 0 Å². The number of fused-ring (bicyclic) bond motifs is 2. The van der Waals surface area contributed by atoms with Crippen molar-refractivity contribution in [3.63, 3.8) is 0 Å². The Morgan fingerprint density at radius 3 is 2.26 bits per heavy atom. The summed E-state index contributed by atoms with van der Waals surface area (Å²) in [5.74, 6) is 0.627. The lowest BCUT2D eigenvalue weighted by atomic mass is 10.0. The van der Waals surface area contributed by atoms with Crippen molar-refractivity contribution in [1.29, 1.82) is 0 Å². The summed E-state index contributed by atoms with van der Waals surface area (Å²) in [7, 11) is 0. The van der Waals surface area contributed by atoms with Crippen LogP contribution in [0.5, 0.6) is 5.75 Å². The maximum atomic E-state index is 12.0. The smallest absolute Gasteiger partial charge is 0.309 e. The van der Waals surface area contributed by atoms with Gasteiger partial charge in [0.05, 0.1) is 12.5 Å². The molecule has 3 aromatic rings. The van der Waals surface area contributed by atoms with Gasteiger partial charge in [-0.1, -0.05) is 44.2 Å². The standard InChI is InChI=1S/C24H28O3/c1-5-17(2)23(25)27-24(3,4)12-13-26-22-11-10-20-14-18-8-6-7-9-19(18)15-21(20)16-22/h6-11,14-17H,5,12-13H2,1-4H3. The Bertz CT molecular complexity index is 943. The van der Waals surface area contributed by atoms with E-state index in [2.05, 4.69) is 48.5 Å². The molecule has 0 spiro atoms. The first-order valence-electron chi connectivity index (χ1n) is 9.66. The number of hydrogen-bond donors (Lipinski definition) is 0. The Balaban J connectivity index is 1.64. The summed E-state index contributed by atoms with van der Waals surface area (Å²) < 4.78 is 11.6. The van der Waals surface area contributed by atoms with Crippen molar-refractivity contribution >= 4 is 27.5 Å². The van der Waals surface area contributed by atoms with E-state index in [-0.39, 0.29) is 11.9 Å². The Morgan fingerprint density at radius 1 is 0.963 bits per heavy atom. The van der Waals surface area contributed by atoms with Gasteiger partial charge in [0.15, 0.2) is 0 Å². The quantitative estimate of drug-likeness (QED) is 0.374. The third-order valence-electron chi connectivity index (χ3n) is 5.04. The highest BCUT2D eigenvalue weighted by atomic mass is 16.6. The van der Waals surface area contributed by atoms with Gasteiger partial charge in [-0.15, -0.1) is 0 Å². The number of carbonyl (C=O) groups excluding carboxylic acids is 1. The molecule has 0 bridgehead atoms. The molecule has 0 radical (unpaired) electrons. The van der Waals surface area contributed by atoms with Gasteiger partial charge in [-0.3, -0.25) is 4.79 Å². The highest BCUT2D eigenvalue weighted by Crippen LogP contribution is 2.27. The molecule has 3 aromatic carbocycles. The summed E-state index contributed by atoms with van der Waals surface area (Å²) in [5.41, 5.74) is -0.534. The predicted molar refractivity (Wildman–Crippen MR) is 111 cm³/mol. The van der Waals surface area contributed by atoms with E-state index in [0.29, 0.717) is 13.0 Å². The second-order valence-electron chi connectivity index (χ2n) is 7.80. The van der Waals surface area contributed by atoms with Crippen molar-refractivity contribution in [2.45, 2.75) is 46.1 Å².